The number of aryl methyl sites for hydroxylation is 2. The third-order valence-electron chi connectivity index (χ3n) is 2.95. The first-order valence-electron chi connectivity index (χ1n) is 6.35. The average molecular weight is 349 g/mol. The van der Waals surface area contributed by atoms with Gasteiger partial charge in [0.1, 0.15) is 17.4 Å². The molecule has 0 atom stereocenters. The summed E-state index contributed by atoms with van der Waals surface area (Å²) < 4.78 is 40.2. The topological polar surface area (TPSA) is 68.9 Å². The molecule has 2 aromatic rings. The van der Waals surface area contributed by atoms with Crippen LogP contribution in [0.15, 0.2) is 23.1 Å². The van der Waals surface area contributed by atoms with Crippen LogP contribution in [0.25, 0.3) is 0 Å². The van der Waals surface area contributed by atoms with Gasteiger partial charge in [-0.2, -0.15) is 18.3 Å². The number of carbonyl (C=O) groups is 1. The van der Waals surface area contributed by atoms with Crippen LogP contribution in [0.1, 0.15) is 11.3 Å². The zero-order valence-electron chi connectivity index (χ0n) is 12.1. The maximum absolute atomic E-state index is 12.7. The van der Waals surface area contributed by atoms with Crippen molar-refractivity contribution in [3.8, 4) is 0 Å². The van der Waals surface area contributed by atoms with Gasteiger partial charge in [0.2, 0.25) is 5.91 Å². The Kier molecular flexibility index (Phi) is 4.51. The second kappa shape index (κ2) is 6.07. The van der Waals surface area contributed by atoms with Gasteiger partial charge in [-0.05, 0) is 13.0 Å². The molecule has 0 unspecified atom stereocenters. The Morgan fingerprint density at radius 3 is 2.57 bits per heavy atom. The molecule has 0 spiro atoms. The van der Waals surface area contributed by atoms with Crippen molar-refractivity contribution in [1.29, 1.82) is 0 Å². The first kappa shape index (κ1) is 17.1. The molecular weight excluding hydrogens is 337 g/mol. The summed E-state index contributed by atoms with van der Waals surface area (Å²) in [5.74, 6) is -0.316. The zero-order valence-corrected chi connectivity index (χ0v) is 12.9. The van der Waals surface area contributed by atoms with Gasteiger partial charge in [0.15, 0.2) is 0 Å². The van der Waals surface area contributed by atoms with Gasteiger partial charge < -0.3 is 9.88 Å². The summed E-state index contributed by atoms with van der Waals surface area (Å²) in [6.45, 7) is 1.11. The van der Waals surface area contributed by atoms with Gasteiger partial charge >= 0.3 is 6.18 Å². The number of nitrogens with one attached hydrogen (secondary N) is 1. The number of nitrogens with zero attached hydrogens (tertiary/aromatic N) is 3. The van der Waals surface area contributed by atoms with Crippen molar-refractivity contribution in [2.75, 3.05) is 5.32 Å². The highest BCUT2D eigenvalue weighted by molar-refractivity contribution is 6.30. The maximum Gasteiger partial charge on any atom is 0.417 e. The fourth-order valence-corrected chi connectivity index (χ4v) is 2.16. The summed E-state index contributed by atoms with van der Waals surface area (Å²) in [5.41, 5.74) is -1.33. The van der Waals surface area contributed by atoms with Crippen LogP contribution in [-0.4, -0.2) is 20.3 Å². The summed E-state index contributed by atoms with van der Waals surface area (Å²) in [6, 6.07) is 2.11. The molecule has 0 aliphatic rings. The van der Waals surface area contributed by atoms with E-state index in [2.05, 4.69) is 10.4 Å². The number of hydrogen-bond donors (Lipinski definition) is 1. The lowest BCUT2D eigenvalue weighted by Crippen LogP contribution is -2.29. The lowest BCUT2D eigenvalue weighted by atomic mass is 10.2. The zero-order chi connectivity index (χ0) is 17.4. The highest BCUT2D eigenvalue weighted by Crippen LogP contribution is 2.29. The van der Waals surface area contributed by atoms with Crippen molar-refractivity contribution in [3.63, 3.8) is 0 Å². The Morgan fingerprint density at radius 2 is 2.04 bits per heavy atom. The van der Waals surface area contributed by atoms with Gasteiger partial charge in [-0.15, -0.1) is 0 Å². The van der Waals surface area contributed by atoms with E-state index < -0.39 is 34.8 Å². The van der Waals surface area contributed by atoms with E-state index in [4.69, 9.17) is 11.6 Å². The first-order valence-corrected chi connectivity index (χ1v) is 6.73. The van der Waals surface area contributed by atoms with Crippen LogP contribution in [0.5, 0.6) is 0 Å². The predicted molar refractivity (Wildman–Crippen MR) is 77.3 cm³/mol. The summed E-state index contributed by atoms with van der Waals surface area (Å²) in [6.07, 6.45) is -4.11. The lowest BCUT2D eigenvalue weighted by Gasteiger charge is -2.12. The Hall–Kier alpha value is -2.29. The highest BCUT2D eigenvalue weighted by Gasteiger charge is 2.32. The van der Waals surface area contributed by atoms with Crippen molar-refractivity contribution in [2.45, 2.75) is 19.6 Å². The molecule has 0 radical (unpaired) electrons. The molecule has 6 nitrogen and oxygen atoms in total. The van der Waals surface area contributed by atoms with Gasteiger partial charge in [-0.25, -0.2) is 0 Å². The molecule has 1 amide bonds. The van der Waals surface area contributed by atoms with Crippen molar-refractivity contribution in [1.82, 2.24) is 14.3 Å². The fraction of sp³-hybridized carbons (Fsp3) is 0.308. The molecule has 0 saturated carbocycles. The summed E-state index contributed by atoms with van der Waals surface area (Å²) in [4.78, 5) is 23.7. The molecular formula is C13H12ClF3N4O2. The maximum atomic E-state index is 12.7. The number of amides is 1. The number of hydrogen-bond acceptors (Lipinski definition) is 3. The molecule has 0 aliphatic carbocycles. The molecule has 0 aliphatic heterocycles. The smallest absolute Gasteiger partial charge is 0.309 e. The third kappa shape index (κ3) is 3.92. The monoisotopic (exact) mass is 348 g/mol. The van der Waals surface area contributed by atoms with Crippen LogP contribution in [-0.2, 0) is 24.6 Å². The molecule has 0 bridgehead atoms. The van der Waals surface area contributed by atoms with Gasteiger partial charge in [0.25, 0.3) is 5.56 Å². The molecule has 10 heteroatoms. The van der Waals surface area contributed by atoms with Gasteiger partial charge in [0.05, 0.1) is 11.3 Å². The third-order valence-corrected chi connectivity index (χ3v) is 3.22. The Labute approximate surface area is 133 Å². The van der Waals surface area contributed by atoms with Gasteiger partial charge in [-0.3, -0.25) is 14.3 Å². The molecule has 1 N–H and O–H groups in total. The minimum absolute atomic E-state index is 0.360. The summed E-state index contributed by atoms with van der Waals surface area (Å²) >= 11 is 5.52. The normalized spacial score (nSPS) is 11.6. The fourth-order valence-electron chi connectivity index (χ4n) is 1.94. The van der Waals surface area contributed by atoms with E-state index in [1.807, 2.05) is 0 Å². The van der Waals surface area contributed by atoms with E-state index in [1.165, 1.54) is 4.68 Å². The highest BCUT2D eigenvalue weighted by atomic mass is 35.5. The van der Waals surface area contributed by atoms with E-state index in [0.29, 0.717) is 28.3 Å². The number of anilines is 1. The first-order chi connectivity index (χ1) is 10.6. The van der Waals surface area contributed by atoms with Crippen molar-refractivity contribution < 1.29 is 18.0 Å². The average Bonchev–Trinajstić information content (AvgIpc) is 2.71. The number of rotatable bonds is 3. The van der Waals surface area contributed by atoms with E-state index in [1.54, 1.807) is 20.0 Å². The lowest BCUT2D eigenvalue weighted by molar-refractivity contribution is -0.138. The summed E-state index contributed by atoms with van der Waals surface area (Å²) in [7, 11) is 1.59. The standard InChI is InChI=1S/C13H12ClF3N4O2/c1-7-3-10(20(2)19-7)18-11(22)6-21-5-8(13(15,16)17)4-9(14)12(21)23/h3-5H,6H2,1-2H3,(H,18,22). The van der Waals surface area contributed by atoms with Crippen LogP contribution in [0.2, 0.25) is 5.02 Å². The SMILES string of the molecule is Cc1cc(NC(=O)Cn2cc(C(F)(F)F)cc(Cl)c2=O)n(C)n1. The van der Waals surface area contributed by atoms with E-state index in [0.717, 1.165) is 0 Å². The Morgan fingerprint density at radius 1 is 1.39 bits per heavy atom. The van der Waals surface area contributed by atoms with Crippen LogP contribution >= 0.6 is 11.6 Å². The second-order valence-electron chi connectivity index (χ2n) is 4.85. The number of carbonyl (C=O) groups excluding carboxylic acids is 1. The van der Waals surface area contributed by atoms with Crippen molar-refractivity contribution in [3.05, 3.63) is 45.0 Å². The van der Waals surface area contributed by atoms with Crippen molar-refractivity contribution in [2.24, 2.45) is 7.05 Å². The molecule has 2 rings (SSSR count). The Balaban J connectivity index is 2.25. The van der Waals surface area contributed by atoms with Gasteiger partial charge in [-0.1, -0.05) is 11.6 Å². The van der Waals surface area contributed by atoms with E-state index in [-0.39, 0.29) is 0 Å². The van der Waals surface area contributed by atoms with Crippen LogP contribution in [0, 0.1) is 6.92 Å². The largest absolute Gasteiger partial charge is 0.417 e. The van der Waals surface area contributed by atoms with E-state index in [9.17, 15) is 22.8 Å². The number of alkyl halides is 3. The quantitative estimate of drug-likeness (QED) is 0.924. The molecule has 124 valence electrons. The minimum atomic E-state index is -4.67. The predicted octanol–water partition coefficient (Wildman–Crippen LogP) is 2.20. The Bertz CT molecular complexity index is 811. The molecule has 0 saturated heterocycles. The number of halogens is 4. The summed E-state index contributed by atoms with van der Waals surface area (Å²) in [5, 5.41) is 5.87. The van der Waals surface area contributed by atoms with Crippen LogP contribution in [0.3, 0.4) is 0 Å². The van der Waals surface area contributed by atoms with Crippen molar-refractivity contribution >= 4 is 23.3 Å². The second-order valence-corrected chi connectivity index (χ2v) is 5.26. The molecule has 23 heavy (non-hydrogen) atoms. The molecule has 2 aromatic heterocycles. The molecule has 2 heterocycles. The number of pyridine rings is 1. The van der Waals surface area contributed by atoms with Crippen LogP contribution < -0.4 is 10.9 Å². The minimum Gasteiger partial charge on any atom is -0.309 e. The van der Waals surface area contributed by atoms with Crippen LogP contribution in [0.4, 0.5) is 19.0 Å². The molecule has 0 fully saturated rings. The van der Waals surface area contributed by atoms with Gasteiger partial charge in [0, 0.05) is 19.3 Å². The van der Waals surface area contributed by atoms with E-state index >= 15 is 0 Å². The molecule has 0 aromatic carbocycles. The number of aromatic nitrogens is 3.